The van der Waals surface area contributed by atoms with E-state index >= 15 is 0 Å². The highest BCUT2D eigenvalue weighted by atomic mass is 79.9. The Morgan fingerprint density at radius 2 is 2.38 bits per heavy atom. The molecule has 1 aliphatic heterocycles. The Hall–Kier alpha value is -0.510. The van der Waals surface area contributed by atoms with Gasteiger partial charge in [-0.3, -0.25) is 0 Å². The van der Waals surface area contributed by atoms with E-state index in [9.17, 15) is 8.42 Å². The fraction of sp³-hybridized carbons (Fsp3) is 0.714. The fourth-order valence-corrected chi connectivity index (χ4v) is 3.86. The van der Waals surface area contributed by atoms with Crippen molar-refractivity contribution < 1.29 is 13.2 Å². The van der Waals surface area contributed by atoms with Gasteiger partial charge in [0, 0.05) is 19.7 Å². The molecule has 0 radical (unpaired) electrons. The van der Waals surface area contributed by atoms with E-state index in [0.29, 0.717) is 19.6 Å². The summed E-state index contributed by atoms with van der Waals surface area (Å²) in [7, 11) is -2.08. The Morgan fingerprint density at radius 3 is 2.88 bits per heavy atom. The fourth-order valence-electron chi connectivity index (χ4n) is 1.51. The number of aryl methyl sites for hydroxylation is 1. The molecule has 1 unspecified atom stereocenters. The third-order valence-electron chi connectivity index (χ3n) is 2.24. The number of rotatable bonds is 3. The van der Waals surface area contributed by atoms with Crippen molar-refractivity contribution in [2.75, 3.05) is 13.2 Å². The predicted octanol–water partition coefficient (Wildman–Crippen LogP) is -0.355. The summed E-state index contributed by atoms with van der Waals surface area (Å²) < 4.78 is 33.1. The maximum absolute atomic E-state index is 12.0. The van der Waals surface area contributed by atoms with Gasteiger partial charge in [-0.05, 0) is 22.4 Å². The van der Waals surface area contributed by atoms with Gasteiger partial charge in [0.2, 0.25) is 5.03 Å². The summed E-state index contributed by atoms with van der Waals surface area (Å²) in [6.45, 7) is 0.986. The third-order valence-corrected chi connectivity index (χ3v) is 4.65. The van der Waals surface area contributed by atoms with Crippen LogP contribution in [0.1, 0.15) is 6.42 Å². The topological polar surface area (TPSA) is 86.1 Å². The van der Waals surface area contributed by atoms with Crippen LogP contribution < -0.4 is 4.72 Å². The van der Waals surface area contributed by atoms with E-state index in [2.05, 4.69) is 31.0 Å². The van der Waals surface area contributed by atoms with E-state index in [1.54, 1.807) is 0 Å². The van der Waals surface area contributed by atoms with Gasteiger partial charge in [-0.15, -0.1) is 5.10 Å². The molecule has 1 aromatic heterocycles. The molecule has 0 amide bonds. The van der Waals surface area contributed by atoms with Crippen molar-refractivity contribution in [3.63, 3.8) is 0 Å². The first-order chi connectivity index (χ1) is 7.50. The average Bonchev–Trinajstić information content (AvgIpc) is 2.76. The minimum atomic E-state index is -3.60. The molecule has 0 aromatic carbocycles. The lowest BCUT2D eigenvalue weighted by molar-refractivity contribution is 0.192. The number of aromatic nitrogens is 3. The predicted molar refractivity (Wildman–Crippen MR) is 58.2 cm³/mol. The highest BCUT2D eigenvalue weighted by Crippen LogP contribution is 2.18. The summed E-state index contributed by atoms with van der Waals surface area (Å²) in [6, 6.07) is -0.174. The summed E-state index contributed by atoms with van der Waals surface area (Å²) in [4.78, 5) is 0. The SMILES string of the molecule is Cn1nnc(Br)c1S(=O)(=O)NC1CCOC1. The van der Waals surface area contributed by atoms with Crippen LogP contribution in [-0.2, 0) is 21.8 Å². The standard InChI is InChI=1S/C7H11BrN4O3S/c1-12-7(6(8)9-11-12)16(13,14)10-5-2-3-15-4-5/h5,10H,2-4H2,1H3. The van der Waals surface area contributed by atoms with Crippen LogP contribution in [0, 0.1) is 0 Å². The quantitative estimate of drug-likeness (QED) is 0.824. The Labute approximate surface area is 101 Å². The zero-order chi connectivity index (χ0) is 11.8. The largest absolute Gasteiger partial charge is 0.380 e. The van der Waals surface area contributed by atoms with Gasteiger partial charge in [-0.2, -0.15) is 0 Å². The van der Waals surface area contributed by atoms with E-state index in [4.69, 9.17) is 4.74 Å². The van der Waals surface area contributed by atoms with Crippen LogP contribution in [0.4, 0.5) is 0 Å². The number of ether oxygens (including phenoxy) is 1. The number of nitrogens with zero attached hydrogens (tertiary/aromatic N) is 3. The van der Waals surface area contributed by atoms with Crippen molar-refractivity contribution in [2.24, 2.45) is 7.05 Å². The Morgan fingerprint density at radius 1 is 1.62 bits per heavy atom. The first-order valence-electron chi connectivity index (χ1n) is 4.66. The summed E-state index contributed by atoms with van der Waals surface area (Å²) in [5.74, 6) is 0. The van der Waals surface area contributed by atoms with E-state index in [0.717, 1.165) is 0 Å². The zero-order valence-corrected chi connectivity index (χ0v) is 11.0. The molecule has 2 heterocycles. The van der Waals surface area contributed by atoms with Gasteiger partial charge in [0.1, 0.15) is 0 Å². The first-order valence-corrected chi connectivity index (χ1v) is 6.93. The molecular formula is C7H11BrN4O3S. The molecule has 1 fully saturated rings. The molecular weight excluding hydrogens is 300 g/mol. The van der Waals surface area contributed by atoms with Crippen molar-refractivity contribution in [2.45, 2.75) is 17.5 Å². The van der Waals surface area contributed by atoms with Gasteiger partial charge in [0.25, 0.3) is 10.0 Å². The lowest BCUT2D eigenvalue weighted by Gasteiger charge is -2.10. The summed E-state index contributed by atoms with van der Waals surface area (Å²) in [5, 5.41) is 7.29. The van der Waals surface area contributed by atoms with Gasteiger partial charge in [-0.1, -0.05) is 5.21 Å². The molecule has 90 valence electrons. The van der Waals surface area contributed by atoms with Gasteiger partial charge in [0.15, 0.2) is 4.60 Å². The van der Waals surface area contributed by atoms with Gasteiger partial charge in [0.05, 0.1) is 6.61 Å². The normalized spacial score (nSPS) is 21.5. The van der Waals surface area contributed by atoms with Gasteiger partial charge < -0.3 is 4.74 Å². The summed E-state index contributed by atoms with van der Waals surface area (Å²) in [6.07, 6.45) is 0.683. The average molecular weight is 311 g/mol. The smallest absolute Gasteiger partial charge is 0.260 e. The van der Waals surface area contributed by atoms with Crippen LogP contribution in [-0.4, -0.2) is 42.7 Å². The number of sulfonamides is 1. The highest BCUT2D eigenvalue weighted by molar-refractivity contribution is 9.10. The number of hydrogen-bond acceptors (Lipinski definition) is 5. The highest BCUT2D eigenvalue weighted by Gasteiger charge is 2.28. The lowest BCUT2D eigenvalue weighted by atomic mass is 10.3. The van der Waals surface area contributed by atoms with Crippen LogP contribution in [0.15, 0.2) is 9.63 Å². The van der Waals surface area contributed by atoms with Crippen LogP contribution >= 0.6 is 15.9 Å². The molecule has 2 rings (SSSR count). The molecule has 0 spiro atoms. The molecule has 1 saturated heterocycles. The van der Waals surface area contributed by atoms with Gasteiger partial charge >= 0.3 is 0 Å². The Balaban J connectivity index is 2.25. The van der Waals surface area contributed by atoms with Crippen LogP contribution in [0.5, 0.6) is 0 Å². The molecule has 7 nitrogen and oxygen atoms in total. The molecule has 1 atom stereocenters. The molecule has 1 N–H and O–H groups in total. The monoisotopic (exact) mass is 310 g/mol. The van der Waals surface area contributed by atoms with Gasteiger partial charge in [-0.25, -0.2) is 17.8 Å². The molecule has 1 aromatic rings. The maximum Gasteiger partial charge on any atom is 0.260 e. The second-order valence-electron chi connectivity index (χ2n) is 3.49. The molecule has 16 heavy (non-hydrogen) atoms. The Kier molecular flexibility index (Phi) is 3.29. The number of hydrogen-bond donors (Lipinski definition) is 1. The van der Waals surface area contributed by atoms with E-state index < -0.39 is 10.0 Å². The second kappa shape index (κ2) is 4.40. The summed E-state index contributed by atoms with van der Waals surface area (Å²) >= 11 is 3.06. The minimum absolute atomic E-state index is 0.0272. The maximum atomic E-state index is 12.0. The van der Waals surface area contributed by atoms with Crippen LogP contribution in [0.3, 0.4) is 0 Å². The summed E-state index contributed by atoms with van der Waals surface area (Å²) in [5.41, 5.74) is 0. The van der Waals surface area contributed by atoms with Crippen LogP contribution in [0.25, 0.3) is 0 Å². The molecule has 9 heteroatoms. The van der Waals surface area contributed by atoms with Crippen molar-refractivity contribution in [1.29, 1.82) is 0 Å². The lowest BCUT2D eigenvalue weighted by Crippen LogP contribution is -2.36. The van der Waals surface area contributed by atoms with E-state index in [1.807, 2.05) is 0 Å². The molecule has 0 saturated carbocycles. The number of nitrogens with one attached hydrogen (secondary N) is 1. The van der Waals surface area contributed by atoms with Crippen molar-refractivity contribution in [3.05, 3.63) is 4.60 Å². The van der Waals surface area contributed by atoms with Crippen LogP contribution in [0.2, 0.25) is 0 Å². The van der Waals surface area contributed by atoms with E-state index in [1.165, 1.54) is 11.7 Å². The molecule has 0 bridgehead atoms. The Bertz CT molecular complexity index is 460. The van der Waals surface area contributed by atoms with Crippen molar-refractivity contribution in [1.82, 2.24) is 19.7 Å². The first kappa shape index (κ1) is 12.0. The third kappa shape index (κ3) is 2.26. The minimum Gasteiger partial charge on any atom is -0.380 e. The van der Waals surface area contributed by atoms with Crippen molar-refractivity contribution in [3.8, 4) is 0 Å². The number of halogens is 1. The molecule has 0 aliphatic carbocycles. The molecule has 1 aliphatic rings. The van der Waals surface area contributed by atoms with Crippen molar-refractivity contribution >= 4 is 26.0 Å². The van der Waals surface area contributed by atoms with E-state index in [-0.39, 0.29) is 15.7 Å². The second-order valence-corrected chi connectivity index (χ2v) is 5.87. The zero-order valence-electron chi connectivity index (χ0n) is 8.55.